The van der Waals surface area contributed by atoms with Gasteiger partial charge in [-0.3, -0.25) is 0 Å². The molecule has 0 aliphatic rings. The monoisotopic (exact) mass is 319 g/mol. The van der Waals surface area contributed by atoms with Crippen LogP contribution in [0.25, 0.3) is 10.9 Å². The number of halogens is 3. The molecule has 0 aliphatic heterocycles. The fourth-order valence-corrected chi connectivity index (χ4v) is 2.04. The molecule has 112 valence electrons. The standard InChI is InChI=1S/C11H8F3N3O3S/c1-17-6-8(7-4-2-3-5-9(7)15-17)10(18)16-21(19,20)11(12,13)14/h2-6H,1H3. The third-order valence-electron chi connectivity index (χ3n) is 2.50. The van der Waals surface area contributed by atoms with Crippen LogP contribution < -0.4 is 9.79 Å². The second kappa shape index (κ2) is 4.95. The van der Waals surface area contributed by atoms with E-state index in [1.807, 2.05) is 0 Å². The molecule has 6 nitrogen and oxygen atoms in total. The Balaban J connectivity index is 2.67. The fraction of sp³-hybridized carbons (Fsp3) is 0.182. The van der Waals surface area contributed by atoms with Crippen molar-refractivity contribution in [3.8, 4) is 0 Å². The largest absolute Gasteiger partial charge is 0.857 e. The number of alkyl halides is 3. The summed E-state index contributed by atoms with van der Waals surface area (Å²) in [5.74, 6) is -1.50. The number of rotatable bonds is 2. The highest BCUT2D eigenvalue weighted by atomic mass is 32.2. The van der Waals surface area contributed by atoms with Gasteiger partial charge < -0.3 is 5.11 Å². The van der Waals surface area contributed by atoms with E-state index in [1.165, 1.54) is 23.9 Å². The van der Waals surface area contributed by atoms with Gasteiger partial charge in [0.15, 0.2) is 7.05 Å². The van der Waals surface area contributed by atoms with Gasteiger partial charge in [0.2, 0.25) is 6.20 Å². The number of aromatic nitrogens is 2. The number of fused-ring (bicyclic) bond motifs is 1. The van der Waals surface area contributed by atoms with Crippen LogP contribution in [0, 0.1) is 0 Å². The van der Waals surface area contributed by atoms with Crippen molar-refractivity contribution in [1.82, 2.24) is 5.10 Å². The molecular weight excluding hydrogens is 311 g/mol. The van der Waals surface area contributed by atoms with Crippen molar-refractivity contribution in [3.63, 3.8) is 0 Å². The van der Waals surface area contributed by atoms with E-state index in [1.54, 1.807) is 12.1 Å². The first-order valence-electron chi connectivity index (χ1n) is 5.46. The lowest BCUT2D eigenvalue weighted by atomic mass is 10.1. The molecule has 10 heteroatoms. The fourth-order valence-electron chi connectivity index (χ4n) is 1.62. The zero-order valence-electron chi connectivity index (χ0n) is 10.5. The molecule has 1 aromatic carbocycles. The number of hydrogen-bond acceptors (Lipinski definition) is 4. The molecule has 0 fully saturated rings. The lowest BCUT2D eigenvalue weighted by Crippen LogP contribution is -2.36. The summed E-state index contributed by atoms with van der Waals surface area (Å²) in [5, 5.41) is 16.0. The molecule has 0 radical (unpaired) electrons. The SMILES string of the molecule is C[n+]1cc(/C([O-])=N/S(=O)(=O)C(F)(F)F)c2ccccc2n1. The molecule has 2 aromatic rings. The minimum Gasteiger partial charge on any atom is -0.857 e. The maximum atomic E-state index is 12.3. The predicted molar refractivity (Wildman–Crippen MR) is 64.4 cm³/mol. The van der Waals surface area contributed by atoms with E-state index >= 15 is 0 Å². The lowest BCUT2D eigenvalue weighted by molar-refractivity contribution is -0.728. The Kier molecular flexibility index (Phi) is 3.58. The van der Waals surface area contributed by atoms with Gasteiger partial charge >= 0.3 is 15.5 Å². The van der Waals surface area contributed by atoms with Crippen LogP contribution in [0.15, 0.2) is 34.9 Å². The summed E-state index contributed by atoms with van der Waals surface area (Å²) in [5.41, 5.74) is -5.57. The summed E-state index contributed by atoms with van der Waals surface area (Å²) in [4.78, 5) is 0. The first-order chi connectivity index (χ1) is 9.62. The van der Waals surface area contributed by atoms with Crippen LogP contribution in [-0.4, -0.2) is 24.9 Å². The summed E-state index contributed by atoms with van der Waals surface area (Å²) in [6.07, 6.45) is 1.11. The van der Waals surface area contributed by atoms with Crippen LogP contribution >= 0.6 is 0 Å². The average Bonchev–Trinajstić information content (AvgIpc) is 2.35. The zero-order chi connectivity index (χ0) is 15.8. The molecule has 0 spiro atoms. The van der Waals surface area contributed by atoms with Gasteiger partial charge in [0.1, 0.15) is 5.52 Å². The zero-order valence-corrected chi connectivity index (χ0v) is 11.3. The topological polar surface area (TPSA) is 86.3 Å². The Morgan fingerprint density at radius 2 is 1.95 bits per heavy atom. The van der Waals surface area contributed by atoms with Crippen molar-refractivity contribution in [3.05, 3.63) is 36.0 Å². The second-order valence-electron chi connectivity index (χ2n) is 4.05. The quantitative estimate of drug-likeness (QED) is 0.443. The Labute approximate surface area is 117 Å². The Morgan fingerprint density at radius 1 is 1.33 bits per heavy atom. The first kappa shape index (κ1) is 15.2. The molecule has 0 unspecified atom stereocenters. The minimum absolute atomic E-state index is 0.210. The molecule has 0 saturated carbocycles. The second-order valence-corrected chi connectivity index (χ2v) is 5.65. The number of aryl methyl sites for hydroxylation is 1. The molecule has 1 heterocycles. The highest BCUT2D eigenvalue weighted by Gasteiger charge is 2.45. The van der Waals surface area contributed by atoms with E-state index in [2.05, 4.69) is 9.50 Å². The van der Waals surface area contributed by atoms with Crippen molar-refractivity contribution in [2.75, 3.05) is 0 Å². The molecule has 0 atom stereocenters. The molecule has 0 N–H and O–H groups in total. The molecule has 0 amide bonds. The van der Waals surface area contributed by atoms with E-state index in [0.717, 1.165) is 6.20 Å². The van der Waals surface area contributed by atoms with Crippen LogP contribution in [0.2, 0.25) is 0 Å². The number of benzene rings is 1. The third-order valence-corrected chi connectivity index (χ3v) is 3.49. The highest BCUT2D eigenvalue weighted by Crippen LogP contribution is 2.25. The van der Waals surface area contributed by atoms with E-state index in [9.17, 15) is 26.7 Å². The third kappa shape index (κ3) is 2.94. The summed E-state index contributed by atoms with van der Waals surface area (Å²) < 4.78 is 62.1. The van der Waals surface area contributed by atoms with Crippen LogP contribution in [-0.2, 0) is 17.1 Å². The smallest absolute Gasteiger partial charge is 0.518 e. The normalized spacial score (nSPS) is 13.6. The Hall–Kier alpha value is -2.23. The maximum absolute atomic E-state index is 12.3. The van der Waals surface area contributed by atoms with Crippen molar-refractivity contribution in [2.24, 2.45) is 11.4 Å². The highest BCUT2D eigenvalue weighted by molar-refractivity contribution is 7.91. The maximum Gasteiger partial charge on any atom is 0.518 e. The number of hydrogen-bond donors (Lipinski definition) is 0. The van der Waals surface area contributed by atoms with Crippen LogP contribution in [0.4, 0.5) is 13.2 Å². The average molecular weight is 319 g/mol. The summed E-state index contributed by atoms with van der Waals surface area (Å²) in [6, 6.07) is 6.13. The van der Waals surface area contributed by atoms with Gasteiger partial charge in [-0.2, -0.15) is 26.0 Å². The summed E-state index contributed by atoms with van der Waals surface area (Å²) in [6.45, 7) is 0. The van der Waals surface area contributed by atoms with Crippen LogP contribution in [0.5, 0.6) is 0 Å². The van der Waals surface area contributed by atoms with E-state index < -0.39 is 21.4 Å². The molecular formula is C11H8F3N3O3S. The predicted octanol–water partition coefficient (Wildman–Crippen LogP) is 0.0158. The van der Waals surface area contributed by atoms with Gasteiger partial charge in [0, 0.05) is 11.3 Å². The van der Waals surface area contributed by atoms with Gasteiger partial charge in [0.05, 0.1) is 5.56 Å². The summed E-state index contributed by atoms with van der Waals surface area (Å²) >= 11 is 0. The molecule has 0 saturated heterocycles. The molecule has 21 heavy (non-hydrogen) atoms. The molecule has 0 bridgehead atoms. The summed E-state index contributed by atoms with van der Waals surface area (Å²) in [7, 11) is -4.43. The van der Waals surface area contributed by atoms with E-state index in [0.29, 0.717) is 5.52 Å². The number of sulfonamides is 1. The lowest BCUT2D eigenvalue weighted by Gasteiger charge is -2.12. The number of nitrogens with zero attached hydrogens (tertiary/aromatic N) is 3. The van der Waals surface area contributed by atoms with Gasteiger partial charge in [-0.05, 0) is 11.2 Å². The molecule has 1 aromatic heterocycles. The van der Waals surface area contributed by atoms with Crippen LogP contribution in [0.3, 0.4) is 0 Å². The minimum atomic E-state index is -5.88. The van der Waals surface area contributed by atoms with Gasteiger partial charge in [-0.15, -0.1) is 0 Å². The first-order valence-corrected chi connectivity index (χ1v) is 6.90. The molecule has 2 rings (SSSR count). The Morgan fingerprint density at radius 3 is 2.57 bits per heavy atom. The Bertz CT molecular complexity index is 831. The van der Waals surface area contributed by atoms with Crippen molar-refractivity contribution >= 4 is 26.8 Å². The van der Waals surface area contributed by atoms with Gasteiger partial charge in [-0.25, -0.2) is 0 Å². The van der Waals surface area contributed by atoms with Crippen LogP contribution in [0.1, 0.15) is 5.56 Å². The van der Waals surface area contributed by atoms with Crippen molar-refractivity contribution < 1.29 is 31.4 Å². The van der Waals surface area contributed by atoms with E-state index in [4.69, 9.17) is 0 Å². The van der Waals surface area contributed by atoms with Crippen molar-refractivity contribution in [1.29, 1.82) is 0 Å². The van der Waals surface area contributed by atoms with Crippen molar-refractivity contribution in [2.45, 2.75) is 5.51 Å². The van der Waals surface area contributed by atoms with Gasteiger partial charge in [0.25, 0.3) is 0 Å². The van der Waals surface area contributed by atoms with Gasteiger partial charge in [-0.1, -0.05) is 22.9 Å². The van der Waals surface area contributed by atoms with E-state index in [-0.39, 0.29) is 10.9 Å². The molecule has 0 aliphatic carbocycles.